The zero-order chi connectivity index (χ0) is 19.3. The third-order valence-electron chi connectivity index (χ3n) is 4.46. The Kier molecular flexibility index (Phi) is 5.02. The summed E-state index contributed by atoms with van der Waals surface area (Å²) < 4.78 is 5.83. The number of rotatable bonds is 5. The lowest BCUT2D eigenvalue weighted by Crippen LogP contribution is -2.06. The highest BCUT2D eigenvalue weighted by atomic mass is 16.7. The monoisotopic (exact) mass is 369 g/mol. The lowest BCUT2D eigenvalue weighted by atomic mass is 10.0. The molecular formula is C24H19NO3. The van der Waals surface area contributed by atoms with E-state index in [0.29, 0.717) is 17.9 Å². The van der Waals surface area contributed by atoms with Crippen LogP contribution >= 0.6 is 0 Å². The summed E-state index contributed by atoms with van der Waals surface area (Å²) in [4.78, 5) is 17.0. The van der Waals surface area contributed by atoms with Gasteiger partial charge in [0.2, 0.25) is 0 Å². The highest BCUT2D eigenvalue weighted by Gasteiger charge is 2.26. The molecule has 4 heteroatoms. The minimum Gasteiger partial charge on any atom is -0.489 e. The first-order valence-corrected chi connectivity index (χ1v) is 9.04. The average Bonchev–Trinajstić information content (AvgIpc) is 3.09. The van der Waals surface area contributed by atoms with Crippen LogP contribution in [0.4, 0.5) is 0 Å². The van der Waals surface area contributed by atoms with E-state index in [1.807, 2.05) is 54.6 Å². The van der Waals surface area contributed by atoms with Gasteiger partial charge in [0.05, 0.1) is 5.57 Å². The summed E-state index contributed by atoms with van der Waals surface area (Å²) in [6, 6.07) is 25.4. The number of ether oxygens (including phenoxy) is 1. The van der Waals surface area contributed by atoms with Crippen LogP contribution in [0.1, 0.15) is 22.3 Å². The molecule has 1 aliphatic rings. The minimum absolute atomic E-state index is 0.444. The van der Waals surface area contributed by atoms with Gasteiger partial charge in [-0.3, -0.25) is 0 Å². The quantitative estimate of drug-likeness (QED) is 0.474. The largest absolute Gasteiger partial charge is 0.489 e. The summed E-state index contributed by atoms with van der Waals surface area (Å²) in [5.74, 6) is 0.326. The molecule has 0 atom stereocenters. The van der Waals surface area contributed by atoms with Crippen molar-refractivity contribution in [3.05, 3.63) is 107 Å². The maximum atomic E-state index is 12.1. The molecule has 0 amide bonds. The summed E-state index contributed by atoms with van der Waals surface area (Å²) in [7, 11) is 0. The zero-order valence-corrected chi connectivity index (χ0v) is 15.5. The van der Waals surface area contributed by atoms with Gasteiger partial charge >= 0.3 is 5.97 Å². The molecule has 0 spiro atoms. The summed E-state index contributed by atoms with van der Waals surface area (Å²) in [6.07, 6.45) is 1.78. The number of carbonyl (C=O) groups excluding carboxylic acids is 1. The fraction of sp³-hybridized carbons (Fsp3) is 0.0833. The van der Waals surface area contributed by atoms with Crippen LogP contribution in [-0.4, -0.2) is 11.7 Å². The lowest BCUT2D eigenvalue weighted by Gasteiger charge is -2.07. The van der Waals surface area contributed by atoms with Crippen LogP contribution in [0.25, 0.3) is 6.08 Å². The van der Waals surface area contributed by atoms with E-state index in [0.717, 1.165) is 22.4 Å². The molecule has 3 aromatic carbocycles. The molecule has 0 aliphatic carbocycles. The van der Waals surface area contributed by atoms with E-state index >= 15 is 0 Å². The first kappa shape index (κ1) is 17.7. The van der Waals surface area contributed by atoms with E-state index < -0.39 is 5.97 Å². The van der Waals surface area contributed by atoms with Crippen LogP contribution in [0.15, 0.2) is 89.6 Å². The molecule has 4 nitrogen and oxygen atoms in total. The Hall–Kier alpha value is -3.66. The van der Waals surface area contributed by atoms with Crippen LogP contribution in [0, 0.1) is 6.92 Å². The number of hydrogen-bond donors (Lipinski definition) is 0. The maximum Gasteiger partial charge on any atom is 0.368 e. The van der Waals surface area contributed by atoms with Crippen molar-refractivity contribution in [3.8, 4) is 5.75 Å². The van der Waals surface area contributed by atoms with Gasteiger partial charge < -0.3 is 9.57 Å². The highest BCUT2D eigenvalue weighted by Crippen LogP contribution is 2.22. The van der Waals surface area contributed by atoms with E-state index in [2.05, 4.69) is 36.3 Å². The lowest BCUT2D eigenvalue weighted by molar-refractivity contribution is -0.136. The van der Waals surface area contributed by atoms with Gasteiger partial charge in [0.25, 0.3) is 0 Å². The Morgan fingerprint density at radius 2 is 1.64 bits per heavy atom. The molecule has 0 radical (unpaired) electrons. The molecule has 0 bridgehead atoms. The molecule has 4 rings (SSSR count). The fourth-order valence-corrected chi connectivity index (χ4v) is 2.89. The van der Waals surface area contributed by atoms with Crippen LogP contribution in [-0.2, 0) is 16.2 Å². The van der Waals surface area contributed by atoms with Gasteiger partial charge in [-0.1, -0.05) is 77.4 Å². The van der Waals surface area contributed by atoms with Gasteiger partial charge in [0.1, 0.15) is 18.1 Å². The molecule has 28 heavy (non-hydrogen) atoms. The van der Waals surface area contributed by atoms with Gasteiger partial charge in [-0.2, -0.15) is 0 Å². The Bertz CT molecular complexity index is 1030. The van der Waals surface area contributed by atoms with E-state index in [-0.39, 0.29) is 0 Å². The predicted molar refractivity (Wildman–Crippen MR) is 109 cm³/mol. The molecule has 0 saturated heterocycles. The highest BCUT2D eigenvalue weighted by molar-refractivity contribution is 6.31. The number of aryl methyl sites for hydroxylation is 1. The smallest absolute Gasteiger partial charge is 0.368 e. The third-order valence-corrected chi connectivity index (χ3v) is 4.46. The van der Waals surface area contributed by atoms with Crippen molar-refractivity contribution in [1.29, 1.82) is 0 Å². The van der Waals surface area contributed by atoms with Crippen molar-refractivity contribution < 1.29 is 14.4 Å². The summed E-state index contributed by atoms with van der Waals surface area (Å²) in [6.45, 7) is 2.57. The fourth-order valence-electron chi connectivity index (χ4n) is 2.89. The molecule has 3 aromatic rings. The average molecular weight is 369 g/mol. The van der Waals surface area contributed by atoms with Crippen molar-refractivity contribution in [2.24, 2.45) is 5.16 Å². The first-order chi connectivity index (χ1) is 13.7. The number of carbonyl (C=O) groups is 1. The standard InChI is InChI=1S/C24H19NO3/c1-17-7-9-19(10-8-17)16-27-21-13-11-18(12-14-21)15-22-23(25-28-24(22)26)20-5-3-2-4-6-20/h2-15H,16H2,1H3/b22-15-. The molecule has 0 N–H and O–H groups in total. The second-order valence-corrected chi connectivity index (χ2v) is 6.59. The second-order valence-electron chi connectivity index (χ2n) is 6.59. The Labute approximate surface area is 163 Å². The summed E-state index contributed by atoms with van der Waals surface area (Å²) in [5.41, 5.74) is 5.06. The van der Waals surface area contributed by atoms with Gasteiger partial charge in [-0.15, -0.1) is 0 Å². The molecule has 1 heterocycles. The Balaban J connectivity index is 1.48. The van der Waals surface area contributed by atoms with Crippen LogP contribution < -0.4 is 4.74 Å². The number of hydrogen-bond acceptors (Lipinski definition) is 4. The molecule has 0 aromatic heterocycles. The predicted octanol–water partition coefficient (Wildman–Crippen LogP) is 4.92. The van der Waals surface area contributed by atoms with Crippen molar-refractivity contribution in [1.82, 2.24) is 0 Å². The van der Waals surface area contributed by atoms with Crippen molar-refractivity contribution in [2.45, 2.75) is 13.5 Å². The molecule has 0 saturated carbocycles. The number of nitrogens with zero attached hydrogens (tertiary/aromatic N) is 1. The molecule has 0 fully saturated rings. The van der Waals surface area contributed by atoms with Crippen LogP contribution in [0.2, 0.25) is 0 Å². The van der Waals surface area contributed by atoms with Crippen LogP contribution in [0.3, 0.4) is 0 Å². The van der Waals surface area contributed by atoms with Gasteiger partial charge in [-0.05, 0) is 36.3 Å². The Morgan fingerprint density at radius 3 is 2.36 bits per heavy atom. The second kappa shape index (κ2) is 7.92. The van der Waals surface area contributed by atoms with Gasteiger partial charge in [0.15, 0.2) is 0 Å². The summed E-state index contributed by atoms with van der Waals surface area (Å²) in [5, 5.41) is 3.93. The normalized spacial score (nSPS) is 14.7. The molecule has 138 valence electrons. The number of benzene rings is 3. The first-order valence-electron chi connectivity index (χ1n) is 9.04. The van der Waals surface area contributed by atoms with E-state index in [1.165, 1.54) is 5.56 Å². The topological polar surface area (TPSA) is 47.9 Å². The maximum absolute atomic E-state index is 12.1. The van der Waals surface area contributed by atoms with Crippen molar-refractivity contribution in [2.75, 3.05) is 0 Å². The summed E-state index contributed by atoms with van der Waals surface area (Å²) >= 11 is 0. The zero-order valence-electron chi connectivity index (χ0n) is 15.5. The van der Waals surface area contributed by atoms with Gasteiger partial charge in [0, 0.05) is 5.56 Å². The van der Waals surface area contributed by atoms with E-state index in [4.69, 9.17) is 9.57 Å². The third kappa shape index (κ3) is 4.01. The Morgan fingerprint density at radius 1 is 0.929 bits per heavy atom. The van der Waals surface area contributed by atoms with Crippen molar-refractivity contribution >= 4 is 17.8 Å². The van der Waals surface area contributed by atoms with Crippen molar-refractivity contribution in [3.63, 3.8) is 0 Å². The minimum atomic E-state index is -0.446. The molecular weight excluding hydrogens is 350 g/mol. The van der Waals surface area contributed by atoms with Crippen LogP contribution in [0.5, 0.6) is 5.75 Å². The molecule has 1 aliphatic heterocycles. The van der Waals surface area contributed by atoms with E-state index in [1.54, 1.807) is 6.08 Å². The SMILES string of the molecule is Cc1ccc(COc2ccc(/C=C3\C(=O)ON=C3c3ccccc3)cc2)cc1. The number of oxime groups is 1. The molecule has 0 unspecified atom stereocenters. The van der Waals surface area contributed by atoms with Gasteiger partial charge in [-0.25, -0.2) is 4.79 Å². The van der Waals surface area contributed by atoms with E-state index in [9.17, 15) is 4.79 Å².